The fraction of sp³-hybridized carbons (Fsp3) is 0.229. The largest absolute Gasteiger partial charge is 0.382 e. The van der Waals surface area contributed by atoms with Gasteiger partial charge in [-0.1, -0.05) is 66.7 Å². The van der Waals surface area contributed by atoms with Crippen LogP contribution in [0, 0.1) is 0 Å². The molecule has 0 saturated heterocycles. The molecule has 0 fully saturated rings. The quantitative estimate of drug-likeness (QED) is 0.194. The van der Waals surface area contributed by atoms with Crippen molar-refractivity contribution in [3.05, 3.63) is 108 Å². The number of imide groups is 1. The van der Waals surface area contributed by atoms with Crippen LogP contribution >= 0.6 is 0 Å². The lowest BCUT2D eigenvalue weighted by Crippen LogP contribution is -2.52. The topological polar surface area (TPSA) is 70.5 Å². The number of nitrogens with one attached hydrogen (secondary N) is 1. The second-order valence-electron chi connectivity index (χ2n) is 11.4. The van der Waals surface area contributed by atoms with Gasteiger partial charge in [-0.25, -0.2) is 0 Å². The van der Waals surface area contributed by atoms with Crippen LogP contribution in [0.3, 0.4) is 0 Å². The Morgan fingerprint density at radius 2 is 1.62 bits per heavy atom. The van der Waals surface area contributed by atoms with Crippen molar-refractivity contribution in [3.8, 4) is 11.1 Å². The monoisotopic (exact) mass is 555 g/mol. The number of aryl methyl sites for hydroxylation is 1. The number of carbonyl (C=O) groups is 2. The minimum absolute atomic E-state index is 0.326. The molecular weight excluding hydrogens is 522 g/mol. The Kier molecular flexibility index (Phi) is 6.39. The summed E-state index contributed by atoms with van der Waals surface area (Å²) in [6.45, 7) is 2.09. The Hall–Kier alpha value is -4.75. The molecule has 1 unspecified atom stereocenters. The summed E-state index contributed by atoms with van der Waals surface area (Å²) in [5.41, 5.74) is 4.38. The molecule has 5 aromatic rings. The summed E-state index contributed by atoms with van der Waals surface area (Å²) in [6.07, 6.45) is 4.77. The summed E-state index contributed by atoms with van der Waals surface area (Å²) in [7, 11) is 4.17. The van der Waals surface area contributed by atoms with E-state index in [1.165, 1.54) is 17.1 Å². The molecular formula is C35H33N5O2. The van der Waals surface area contributed by atoms with Gasteiger partial charge in [0.05, 0.1) is 5.52 Å². The standard InChI is InChI=1S/C35H33N5O2/c1-38(2)20-7-8-21-39-30-15-6-5-12-28(30)34(37-39)35(40-31(41)18-19-32(40)42)23-36-29-14-9-13-27(33(29)35)26-17-16-24-10-3-4-11-25(24)22-26/h3-6,9-19,22,36H,7-8,20-21,23H2,1-2H3. The molecule has 1 N–H and O–H groups in total. The van der Waals surface area contributed by atoms with Gasteiger partial charge in [-0.2, -0.15) is 5.10 Å². The van der Waals surface area contributed by atoms with Crippen molar-refractivity contribution in [2.24, 2.45) is 0 Å². The van der Waals surface area contributed by atoms with E-state index < -0.39 is 5.54 Å². The zero-order valence-corrected chi connectivity index (χ0v) is 23.9. The number of hydrogen-bond donors (Lipinski definition) is 1. The van der Waals surface area contributed by atoms with E-state index in [2.05, 4.69) is 77.5 Å². The maximum Gasteiger partial charge on any atom is 0.254 e. The van der Waals surface area contributed by atoms with Gasteiger partial charge in [0.2, 0.25) is 0 Å². The lowest BCUT2D eigenvalue weighted by molar-refractivity contribution is -0.142. The molecule has 3 heterocycles. The summed E-state index contributed by atoms with van der Waals surface area (Å²) < 4.78 is 2.05. The van der Waals surface area contributed by atoms with Crippen LogP contribution in [0.15, 0.2) is 97.1 Å². The molecule has 7 heteroatoms. The SMILES string of the molecule is CN(C)CCCCn1nc(C2(N3C(=O)C=CC3=O)CNc3cccc(-c4ccc5ccccc5c4)c32)c2ccccc21. The highest BCUT2D eigenvalue weighted by Crippen LogP contribution is 2.51. The summed E-state index contributed by atoms with van der Waals surface area (Å²) in [5, 5.41) is 12.0. The number of carbonyl (C=O) groups excluding carboxylic acids is 2. The van der Waals surface area contributed by atoms with Crippen LogP contribution in [0.4, 0.5) is 5.69 Å². The second-order valence-corrected chi connectivity index (χ2v) is 11.4. The fourth-order valence-corrected chi connectivity index (χ4v) is 6.62. The summed E-state index contributed by atoms with van der Waals surface area (Å²) in [4.78, 5) is 30.7. The minimum Gasteiger partial charge on any atom is -0.382 e. The van der Waals surface area contributed by atoms with Crippen molar-refractivity contribution in [3.63, 3.8) is 0 Å². The number of anilines is 1. The first kappa shape index (κ1) is 26.2. The number of rotatable bonds is 8. The normalized spacial score (nSPS) is 18.0. The van der Waals surface area contributed by atoms with E-state index in [0.717, 1.165) is 75.7 Å². The second kappa shape index (κ2) is 10.3. The molecule has 7 rings (SSSR count). The van der Waals surface area contributed by atoms with Crippen molar-refractivity contribution in [1.29, 1.82) is 0 Å². The number of nitrogens with zero attached hydrogens (tertiary/aromatic N) is 4. The lowest BCUT2D eigenvalue weighted by atomic mass is 9.80. The average molecular weight is 556 g/mol. The number of amides is 2. The molecule has 2 aliphatic rings. The number of aromatic nitrogens is 2. The number of para-hydroxylation sites is 1. The van der Waals surface area contributed by atoms with Gasteiger partial charge in [-0.15, -0.1) is 0 Å². The van der Waals surface area contributed by atoms with E-state index in [9.17, 15) is 9.59 Å². The summed E-state index contributed by atoms with van der Waals surface area (Å²) in [5.74, 6) is -0.653. The highest BCUT2D eigenvalue weighted by Gasteiger charge is 2.54. The predicted octanol–water partition coefficient (Wildman–Crippen LogP) is 5.79. The molecule has 0 bridgehead atoms. The van der Waals surface area contributed by atoms with Crippen LogP contribution < -0.4 is 5.32 Å². The Bertz CT molecular complexity index is 1870. The van der Waals surface area contributed by atoms with Gasteiger partial charge in [-0.3, -0.25) is 19.2 Å². The van der Waals surface area contributed by atoms with E-state index in [-0.39, 0.29) is 11.8 Å². The van der Waals surface area contributed by atoms with Crippen molar-refractivity contribution < 1.29 is 9.59 Å². The van der Waals surface area contributed by atoms with Crippen LogP contribution in [-0.4, -0.2) is 58.6 Å². The number of benzene rings is 4. The average Bonchev–Trinajstić information content (AvgIpc) is 3.68. The maximum atomic E-state index is 13.6. The van der Waals surface area contributed by atoms with Gasteiger partial charge >= 0.3 is 0 Å². The summed E-state index contributed by atoms with van der Waals surface area (Å²) in [6, 6.07) is 29.0. The lowest BCUT2D eigenvalue weighted by Gasteiger charge is -2.37. The van der Waals surface area contributed by atoms with Gasteiger partial charge in [0.1, 0.15) is 11.2 Å². The molecule has 1 atom stereocenters. The van der Waals surface area contributed by atoms with E-state index in [1.54, 1.807) is 0 Å². The molecule has 0 saturated carbocycles. The molecule has 0 spiro atoms. The first-order chi connectivity index (χ1) is 20.5. The highest BCUT2D eigenvalue weighted by molar-refractivity contribution is 6.14. The molecule has 42 heavy (non-hydrogen) atoms. The van der Waals surface area contributed by atoms with E-state index in [1.807, 2.05) is 36.4 Å². The van der Waals surface area contributed by atoms with E-state index in [0.29, 0.717) is 6.54 Å². The Balaban J connectivity index is 1.46. The van der Waals surface area contributed by atoms with Crippen LogP contribution in [0.2, 0.25) is 0 Å². The van der Waals surface area contributed by atoms with Crippen molar-refractivity contribution in [2.75, 3.05) is 32.5 Å². The Morgan fingerprint density at radius 3 is 2.43 bits per heavy atom. The third-order valence-electron chi connectivity index (χ3n) is 8.54. The Morgan fingerprint density at radius 1 is 0.857 bits per heavy atom. The van der Waals surface area contributed by atoms with Gasteiger partial charge in [0.25, 0.3) is 11.8 Å². The molecule has 4 aromatic carbocycles. The number of fused-ring (bicyclic) bond motifs is 3. The molecule has 210 valence electrons. The first-order valence-electron chi connectivity index (χ1n) is 14.5. The Labute approximate surface area is 245 Å². The van der Waals surface area contributed by atoms with Crippen molar-refractivity contribution in [2.45, 2.75) is 24.9 Å². The molecule has 2 amide bonds. The smallest absolute Gasteiger partial charge is 0.254 e. The fourth-order valence-electron chi connectivity index (χ4n) is 6.62. The van der Waals surface area contributed by atoms with Crippen LogP contribution in [0.25, 0.3) is 32.8 Å². The first-order valence-corrected chi connectivity index (χ1v) is 14.5. The highest BCUT2D eigenvalue weighted by atomic mass is 16.2. The zero-order chi connectivity index (χ0) is 28.8. The van der Waals surface area contributed by atoms with Gasteiger partial charge < -0.3 is 10.2 Å². The minimum atomic E-state index is -1.14. The molecule has 1 aromatic heterocycles. The van der Waals surface area contributed by atoms with Gasteiger partial charge in [-0.05, 0) is 73.6 Å². The number of unbranched alkanes of at least 4 members (excludes halogenated alkanes) is 1. The van der Waals surface area contributed by atoms with Crippen LogP contribution in [0.1, 0.15) is 24.1 Å². The van der Waals surface area contributed by atoms with Crippen LogP contribution in [0.5, 0.6) is 0 Å². The van der Waals surface area contributed by atoms with Crippen LogP contribution in [-0.2, 0) is 21.7 Å². The molecule has 7 nitrogen and oxygen atoms in total. The predicted molar refractivity (Wildman–Crippen MR) is 167 cm³/mol. The number of hydrogen-bond acceptors (Lipinski definition) is 5. The van der Waals surface area contributed by atoms with Gasteiger partial charge in [0.15, 0.2) is 0 Å². The van der Waals surface area contributed by atoms with E-state index in [4.69, 9.17) is 5.10 Å². The van der Waals surface area contributed by atoms with Crippen molar-refractivity contribution >= 4 is 39.2 Å². The third kappa shape index (κ3) is 4.11. The van der Waals surface area contributed by atoms with Gasteiger partial charge in [0, 0.05) is 41.9 Å². The molecule has 0 aliphatic carbocycles. The third-order valence-corrected chi connectivity index (χ3v) is 8.54. The van der Waals surface area contributed by atoms with Crippen molar-refractivity contribution in [1.82, 2.24) is 19.6 Å². The molecule has 0 radical (unpaired) electrons. The maximum absolute atomic E-state index is 13.6. The molecule has 2 aliphatic heterocycles. The zero-order valence-electron chi connectivity index (χ0n) is 23.9. The van der Waals surface area contributed by atoms with E-state index >= 15 is 0 Å². The summed E-state index contributed by atoms with van der Waals surface area (Å²) >= 11 is 0.